The first-order valence-electron chi connectivity index (χ1n) is 6.73. The Labute approximate surface area is 119 Å². The van der Waals surface area contributed by atoms with Crippen LogP contribution in [0.5, 0.6) is 0 Å². The van der Waals surface area contributed by atoms with Crippen molar-refractivity contribution >= 4 is 5.95 Å². The van der Waals surface area contributed by atoms with Gasteiger partial charge in [-0.25, -0.2) is 4.98 Å². The molecule has 6 nitrogen and oxygen atoms in total. The van der Waals surface area contributed by atoms with Gasteiger partial charge in [0.25, 0.3) is 0 Å². The molecule has 20 heavy (non-hydrogen) atoms. The summed E-state index contributed by atoms with van der Waals surface area (Å²) in [6.07, 6.45) is 2.03. The summed E-state index contributed by atoms with van der Waals surface area (Å²) >= 11 is 0. The molecule has 0 fully saturated rings. The first kappa shape index (κ1) is 14.6. The van der Waals surface area contributed by atoms with Crippen LogP contribution in [-0.2, 0) is 11.3 Å². The number of hydrogen-bond donors (Lipinski definition) is 1. The molecule has 0 aliphatic carbocycles. The van der Waals surface area contributed by atoms with E-state index in [2.05, 4.69) is 26.9 Å². The van der Waals surface area contributed by atoms with Crippen molar-refractivity contribution in [2.75, 3.05) is 19.0 Å². The molecule has 0 radical (unpaired) electrons. The lowest BCUT2D eigenvalue weighted by molar-refractivity contribution is 0.163. The zero-order chi connectivity index (χ0) is 14.7. The Hall–Kier alpha value is -1.82. The maximum Gasteiger partial charge on any atom is 0.203 e. The summed E-state index contributed by atoms with van der Waals surface area (Å²) in [6, 6.07) is 0.230. The molecular weight excluding hydrogens is 256 g/mol. The average Bonchev–Trinajstić information content (AvgIpc) is 2.92. The number of methoxy groups -OCH3 is 1. The van der Waals surface area contributed by atoms with Crippen LogP contribution in [0.2, 0.25) is 0 Å². The van der Waals surface area contributed by atoms with Crippen molar-refractivity contribution in [3.63, 3.8) is 0 Å². The second-order valence-electron chi connectivity index (χ2n) is 5.07. The van der Waals surface area contributed by atoms with E-state index in [9.17, 15) is 0 Å². The number of imidazole rings is 1. The van der Waals surface area contributed by atoms with Gasteiger partial charge in [0.15, 0.2) is 0 Å². The van der Waals surface area contributed by atoms with E-state index in [-0.39, 0.29) is 6.04 Å². The third kappa shape index (κ3) is 3.01. The summed E-state index contributed by atoms with van der Waals surface area (Å²) in [6.45, 7) is 9.25. The molecule has 0 aliphatic rings. The molecule has 2 heterocycles. The number of anilines is 1. The normalized spacial score (nSPS) is 12.7. The molecule has 1 unspecified atom stereocenters. The lowest BCUT2D eigenvalue weighted by Gasteiger charge is -2.16. The zero-order valence-corrected chi connectivity index (χ0v) is 12.7. The van der Waals surface area contributed by atoms with E-state index in [4.69, 9.17) is 9.26 Å². The monoisotopic (exact) mass is 278 g/mol. The van der Waals surface area contributed by atoms with Crippen LogP contribution in [0.15, 0.2) is 10.7 Å². The molecule has 0 bridgehead atoms. The quantitative estimate of drug-likeness (QED) is 0.880. The van der Waals surface area contributed by atoms with Gasteiger partial charge < -0.3 is 19.1 Å². The van der Waals surface area contributed by atoms with Crippen LogP contribution in [0.3, 0.4) is 0 Å². The van der Waals surface area contributed by atoms with Gasteiger partial charge in [-0.3, -0.25) is 0 Å². The molecule has 2 rings (SSSR count). The highest BCUT2D eigenvalue weighted by molar-refractivity contribution is 5.33. The van der Waals surface area contributed by atoms with E-state index < -0.39 is 0 Å². The lowest BCUT2D eigenvalue weighted by Crippen LogP contribution is -2.14. The Kier molecular flexibility index (Phi) is 4.44. The Bertz CT molecular complexity index is 554. The van der Waals surface area contributed by atoms with Crippen LogP contribution in [0.1, 0.15) is 35.7 Å². The lowest BCUT2D eigenvalue weighted by atomic mass is 10.2. The van der Waals surface area contributed by atoms with Gasteiger partial charge in [-0.05, 0) is 27.7 Å². The van der Waals surface area contributed by atoms with Crippen LogP contribution in [0.25, 0.3) is 0 Å². The van der Waals surface area contributed by atoms with Crippen molar-refractivity contribution < 1.29 is 9.26 Å². The van der Waals surface area contributed by atoms with Gasteiger partial charge in [0.05, 0.1) is 24.0 Å². The third-order valence-corrected chi connectivity index (χ3v) is 3.34. The standard InChI is InChI=1S/C14H22N4O2/c1-9-7-18(10(2)8-19-5)14(16-9)15-6-13-11(3)17-20-12(13)4/h7,10H,6,8H2,1-5H3,(H,15,16). The summed E-state index contributed by atoms with van der Waals surface area (Å²) < 4.78 is 12.5. The molecule has 0 saturated heterocycles. The molecule has 1 atom stereocenters. The van der Waals surface area contributed by atoms with Gasteiger partial charge >= 0.3 is 0 Å². The largest absolute Gasteiger partial charge is 0.383 e. The Morgan fingerprint density at radius 2 is 2.15 bits per heavy atom. The van der Waals surface area contributed by atoms with Crippen molar-refractivity contribution in [1.29, 1.82) is 0 Å². The topological polar surface area (TPSA) is 65.1 Å². The highest BCUT2D eigenvalue weighted by Gasteiger charge is 2.14. The van der Waals surface area contributed by atoms with Gasteiger partial charge in [0.1, 0.15) is 5.76 Å². The number of rotatable bonds is 6. The van der Waals surface area contributed by atoms with Crippen LogP contribution >= 0.6 is 0 Å². The second kappa shape index (κ2) is 6.09. The minimum atomic E-state index is 0.230. The van der Waals surface area contributed by atoms with Crippen LogP contribution in [0, 0.1) is 20.8 Å². The Morgan fingerprint density at radius 3 is 2.75 bits per heavy atom. The molecular formula is C14H22N4O2. The molecule has 0 spiro atoms. The fourth-order valence-electron chi connectivity index (χ4n) is 2.23. The van der Waals surface area contributed by atoms with Crippen molar-refractivity contribution in [3.8, 4) is 0 Å². The fraction of sp³-hybridized carbons (Fsp3) is 0.571. The van der Waals surface area contributed by atoms with E-state index >= 15 is 0 Å². The number of hydrogen-bond acceptors (Lipinski definition) is 5. The number of ether oxygens (including phenoxy) is 1. The summed E-state index contributed by atoms with van der Waals surface area (Å²) in [5.74, 6) is 1.68. The minimum absolute atomic E-state index is 0.230. The molecule has 0 saturated carbocycles. The van der Waals surface area contributed by atoms with Crippen molar-refractivity contribution in [1.82, 2.24) is 14.7 Å². The first-order valence-corrected chi connectivity index (χ1v) is 6.73. The van der Waals surface area contributed by atoms with Gasteiger partial charge in [-0.15, -0.1) is 0 Å². The maximum absolute atomic E-state index is 5.21. The van der Waals surface area contributed by atoms with Crippen molar-refractivity contribution in [2.24, 2.45) is 0 Å². The minimum Gasteiger partial charge on any atom is -0.383 e. The van der Waals surface area contributed by atoms with Gasteiger partial charge in [-0.2, -0.15) is 0 Å². The van der Waals surface area contributed by atoms with E-state index in [1.54, 1.807) is 7.11 Å². The predicted octanol–water partition coefficient (Wildman–Crippen LogP) is 2.62. The van der Waals surface area contributed by atoms with E-state index in [0.29, 0.717) is 13.2 Å². The summed E-state index contributed by atoms with van der Waals surface area (Å²) in [4.78, 5) is 4.52. The van der Waals surface area contributed by atoms with Crippen LogP contribution < -0.4 is 5.32 Å². The van der Waals surface area contributed by atoms with Crippen molar-refractivity contribution in [3.05, 3.63) is 28.9 Å². The average molecular weight is 278 g/mol. The highest BCUT2D eigenvalue weighted by atomic mass is 16.5. The second-order valence-corrected chi connectivity index (χ2v) is 5.07. The number of aromatic nitrogens is 3. The predicted molar refractivity (Wildman–Crippen MR) is 76.9 cm³/mol. The molecule has 2 aromatic rings. The molecule has 0 aromatic carbocycles. The van der Waals surface area contributed by atoms with Gasteiger partial charge in [0.2, 0.25) is 5.95 Å². The summed E-state index contributed by atoms with van der Waals surface area (Å²) in [7, 11) is 1.71. The number of nitrogens with one attached hydrogen (secondary N) is 1. The summed E-state index contributed by atoms with van der Waals surface area (Å²) in [5, 5.41) is 7.31. The Morgan fingerprint density at radius 1 is 1.40 bits per heavy atom. The molecule has 2 aromatic heterocycles. The SMILES string of the molecule is COCC(C)n1cc(C)nc1NCc1c(C)noc1C. The van der Waals surface area contributed by atoms with E-state index in [0.717, 1.165) is 28.7 Å². The fourth-order valence-corrected chi connectivity index (χ4v) is 2.23. The smallest absolute Gasteiger partial charge is 0.203 e. The Balaban J connectivity index is 2.13. The molecule has 0 amide bonds. The van der Waals surface area contributed by atoms with Crippen molar-refractivity contribution in [2.45, 2.75) is 40.3 Å². The molecule has 0 aliphatic heterocycles. The zero-order valence-electron chi connectivity index (χ0n) is 12.7. The van der Waals surface area contributed by atoms with Gasteiger partial charge in [-0.1, -0.05) is 5.16 Å². The number of nitrogens with zero attached hydrogens (tertiary/aromatic N) is 3. The first-order chi connectivity index (χ1) is 9.52. The highest BCUT2D eigenvalue weighted by Crippen LogP contribution is 2.19. The third-order valence-electron chi connectivity index (χ3n) is 3.34. The molecule has 6 heteroatoms. The maximum atomic E-state index is 5.21. The van der Waals surface area contributed by atoms with Crippen LogP contribution in [0.4, 0.5) is 5.95 Å². The molecule has 1 N–H and O–H groups in total. The molecule has 110 valence electrons. The van der Waals surface area contributed by atoms with E-state index in [1.165, 1.54) is 0 Å². The van der Waals surface area contributed by atoms with Crippen LogP contribution in [-0.4, -0.2) is 28.4 Å². The van der Waals surface area contributed by atoms with E-state index in [1.807, 2.05) is 27.0 Å². The summed E-state index contributed by atoms with van der Waals surface area (Å²) in [5.41, 5.74) is 2.97. The number of aryl methyl sites for hydroxylation is 3. The van der Waals surface area contributed by atoms with Gasteiger partial charge in [0, 0.05) is 25.4 Å².